The fraction of sp³-hybridized carbons (Fsp3) is 0.342. The molecule has 2 saturated heterocycles. The molecule has 10 heteroatoms. The number of hydrogen-bond donors (Lipinski definition) is 3. The second-order valence-electron chi connectivity index (χ2n) is 13.1. The third-order valence-corrected chi connectivity index (χ3v) is 9.92. The van der Waals surface area contributed by atoms with Crippen LogP contribution in [0.3, 0.4) is 0 Å². The highest BCUT2D eigenvalue weighted by molar-refractivity contribution is 5.98. The van der Waals surface area contributed by atoms with Crippen molar-refractivity contribution >= 4 is 12.3 Å². The van der Waals surface area contributed by atoms with Gasteiger partial charge in [-0.1, -0.05) is 37.1 Å². The molecule has 8 rings (SSSR count). The van der Waals surface area contributed by atoms with Crippen LogP contribution in [0.2, 0.25) is 0 Å². The van der Waals surface area contributed by atoms with Crippen molar-refractivity contribution in [3.63, 3.8) is 0 Å². The summed E-state index contributed by atoms with van der Waals surface area (Å²) in [5, 5.41) is 12.9. The van der Waals surface area contributed by atoms with E-state index in [1.165, 1.54) is 38.5 Å². The van der Waals surface area contributed by atoms with Crippen LogP contribution in [-0.2, 0) is 13.1 Å². The molecule has 2 fully saturated rings. The Hall–Kier alpha value is -4.93. The number of nitrogens with zero attached hydrogens (tertiary/aromatic N) is 7. The maximum Gasteiger partial charge on any atom is 0.121 e. The SMILES string of the molecule is ON=CC1C=Cc2c1ccc(-c1nc(CN3CCCCC3)[nH]c1-c1ccncc1)c2-c1nc(CN2CCCCC2)[nH]c1-c1ccncc1. The molecule has 1 atom stereocenters. The highest BCUT2D eigenvalue weighted by Crippen LogP contribution is 2.46. The Kier molecular flexibility index (Phi) is 8.65. The van der Waals surface area contributed by atoms with Gasteiger partial charge in [0.05, 0.1) is 42.1 Å². The van der Waals surface area contributed by atoms with Crippen LogP contribution >= 0.6 is 0 Å². The number of imidazole rings is 2. The number of fused-ring (bicyclic) bond motifs is 1. The highest BCUT2D eigenvalue weighted by Gasteiger charge is 2.29. The average Bonchev–Trinajstić information content (AvgIpc) is 3.87. The number of hydrogen-bond acceptors (Lipinski definition) is 8. The molecular weight excluding hydrogens is 598 g/mol. The predicted molar refractivity (Wildman–Crippen MR) is 188 cm³/mol. The molecule has 10 nitrogen and oxygen atoms in total. The monoisotopic (exact) mass is 639 g/mol. The Balaban J connectivity index is 1.33. The second-order valence-corrected chi connectivity index (χ2v) is 13.1. The predicted octanol–water partition coefficient (Wildman–Crippen LogP) is 7.13. The molecule has 4 aromatic heterocycles. The Morgan fingerprint density at radius 3 is 1.81 bits per heavy atom. The van der Waals surface area contributed by atoms with Gasteiger partial charge in [-0.3, -0.25) is 19.8 Å². The summed E-state index contributed by atoms with van der Waals surface area (Å²) in [4.78, 5) is 31.8. The molecule has 6 heterocycles. The maximum absolute atomic E-state index is 9.51. The molecule has 0 radical (unpaired) electrons. The van der Waals surface area contributed by atoms with Gasteiger partial charge in [0.15, 0.2) is 0 Å². The Bertz CT molecular complexity index is 1920. The minimum atomic E-state index is -0.137. The van der Waals surface area contributed by atoms with Gasteiger partial charge in [0.1, 0.15) is 11.6 Å². The second kappa shape index (κ2) is 13.7. The molecule has 1 aliphatic carbocycles. The molecule has 0 saturated carbocycles. The molecular formula is C38H41N9O. The fourth-order valence-electron chi connectivity index (χ4n) is 7.55. The topological polar surface area (TPSA) is 122 Å². The summed E-state index contributed by atoms with van der Waals surface area (Å²) in [5.74, 6) is 1.76. The van der Waals surface area contributed by atoms with E-state index in [4.69, 9.17) is 9.97 Å². The van der Waals surface area contributed by atoms with Crippen molar-refractivity contribution in [2.45, 2.75) is 57.5 Å². The summed E-state index contributed by atoms with van der Waals surface area (Å²) < 4.78 is 0. The molecule has 1 unspecified atom stereocenters. The molecule has 244 valence electrons. The number of piperidine rings is 2. The summed E-state index contributed by atoms with van der Waals surface area (Å²) >= 11 is 0. The number of likely N-dealkylation sites (tertiary alicyclic amines) is 2. The van der Waals surface area contributed by atoms with Crippen molar-refractivity contribution in [1.82, 2.24) is 39.7 Å². The van der Waals surface area contributed by atoms with Crippen LogP contribution in [0.1, 0.15) is 67.2 Å². The van der Waals surface area contributed by atoms with E-state index >= 15 is 0 Å². The number of pyridine rings is 2. The number of rotatable bonds is 9. The van der Waals surface area contributed by atoms with Gasteiger partial charge in [0.2, 0.25) is 0 Å². The zero-order chi connectivity index (χ0) is 32.3. The standard InChI is InChI=1S/C38H41N9O/c48-41-23-28-7-8-30-29(28)9-10-31(37-35(26-11-15-39-16-12-26)42-32(44-37)24-46-19-3-1-4-20-46)34(30)38-36(27-13-17-40-18-14-27)43-33(45-38)25-47-21-5-2-6-22-47/h7-18,23,28,48H,1-6,19-22,24-25H2,(H,42,44)(H,43,45). The molecule has 3 aliphatic rings. The minimum Gasteiger partial charge on any atom is -0.411 e. The van der Waals surface area contributed by atoms with Gasteiger partial charge in [0.25, 0.3) is 0 Å². The summed E-state index contributed by atoms with van der Waals surface area (Å²) in [6.45, 7) is 5.89. The van der Waals surface area contributed by atoms with Crippen molar-refractivity contribution in [2.75, 3.05) is 26.2 Å². The van der Waals surface area contributed by atoms with E-state index < -0.39 is 0 Å². The normalized spacial score (nSPS) is 18.5. The summed E-state index contributed by atoms with van der Waals surface area (Å²) in [7, 11) is 0. The van der Waals surface area contributed by atoms with E-state index in [1.54, 1.807) is 6.21 Å². The summed E-state index contributed by atoms with van der Waals surface area (Å²) in [5.41, 5.74) is 9.90. The van der Waals surface area contributed by atoms with E-state index in [2.05, 4.69) is 59.2 Å². The van der Waals surface area contributed by atoms with Gasteiger partial charge in [-0.15, -0.1) is 5.16 Å². The molecule has 5 aromatic rings. The quantitative estimate of drug-likeness (QED) is 0.0891. The maximum atomic E-state index is 9.51. The fourth-order valence-corrected chi connectivity index (χ4v) is 7.55. The van der Waals surface area contributed by atoms with E-state index in [0.29, 0.717) is 0 Å². The van der Waals surface area contributed by atoms with Crippen LogP contribution in [0.4, 0.5) is 0 Å². The number of aromatic nitrogens is 6. The van der Waals surface area contributed by atoms with Crippen molar-refractivity contribution < 1.29 is 5.21 Å². The van der Waals surface area contributed by atoms with Gasteiger partial charge in [-0.25, -0.2) is 9.97 Å². The van der Waals surface area contributed by atoms with E-state index in [1.807, 2.05) is 49.1 Å². The molecule has 0 amide bonds. The van der Waals surface area contributed by atoms with Gasteiger partial charge in [0, 0.05) is 53.0 Å². The first-order valence-electron chi connectivity index (χ1n) is 17.2. The Labute approximate surface area is 280 Å². The largest absolute Gasteiger partial charge is 0.411 e. The minimum absolute atomic E-state index is 0.137. The first-order valence-corrected chi connectivity index (χ1v) is 17.2. The number of H-pyrrole nitrogens is 2. The lowest BCUT2D eigenvalue weighted by molar-refractivity contribution is 0.216. The van der Waals surface area contributed by atoms with Gasteiger partial charge < -0.3 is 15.2 Å². The number of allylic oxidation sites excluding steroid dienone is 1. The summed E-state index contributed by atoms with van der Waals surface area (Å²) in [6, 6.07) is 12.5. The van der Waals surface area contributed by atoms with E-state index in [-0.39, 0.29) is 5.92 Å². The van der Waals surface area contributed by atoms with Crippen molar-refractivity contribution in [3.05, 3.63) is 90.0 Å². The van der Waals surface area contributed by atoms with Crippen LogP contribution < -0.4 is 0 Å². The van der Waals surface area contributed by atoms with Crippen molar-refractivity contribution in [2.24, 2.45) is 5.16 Å². The molecule has 3 N–H and O–H groups in total. The van der Waals surface area contributed by atoms with Crippen LogP contribution in [0.5, 0.6) is 0 Å². The average molecular weight is 640 g/mol. The van der Waals surface area contributed by atoms with Gasteiger partial charge in [-0.2, -0.15) is 0 Å². The van der Waals surface area contributed by atoms with Crippen molar-refractivity contribution in [3.8, 4) is 45.0 Å². The van der Waals surface area contributed by atoms with Crippen LogP contribution in [0.25, 0.3) is 51.1 Å². The molecule has 2 aliphatic heterocycles. The number of aromatic amines is 2. The van der Waals surface area contributed by atoms with Crippen LogP contribution in [0.15, 0.2) is 72.4 Å². The lowest BCUT2D eigenvalue weighted by atomic mass is 9.89. The summed E-state index contributed by atoms with van der Waals surface area (Å²) in [6.07, 6.45) is 20.6. The van der Waals surface area contributed by atoms with E-state index in [0.717, 1.165) is 107 Å². The lowest BCUT2D eigenvalue weighted by Gasteiger charge is -2.25. The number of oxime groups is 1. The molecule has 48 heavy (non-hydrogen) atoms. The highest BCUT2D eigenvalue weighted by atomic mass is 16.4. The first kappa shape index (κ1) is 30.4. The molecule has 0 spiro atoms. The zero-order valence-electron chi connectivity index (χ0n) is 27.1. The van der Waals surface area contributed by atoms with Gasteiger partial charge in [-0.05, 0) is 87.3 Å². The van der Waals surface area contributed by atoms with Crippen LogP contribution in [-0.4, -0.2) is 77.3 Å². The first-order chi connectivity index (χ1) is 23.7. The Morgan fingerprint density at radius 2 is 1.25 bits per heavy atom. The molecule has 0 bridgehead atoms. The smallest absolute Gasteiger partial charge is 0.121 e. The third-order valence-electron chi connectivity index (χ3n) is 9.92. The van der Waals surface area contributed by atoms with Crippen LogP contribution in [0, 0.1) is 0 Å². The lowest BCUT2D eigenvalue weighted by Crippen LogP contribution is -2.29. The van der Waals surface area contributed by atoms with E-state index in [9.17, 15) is 5.21 Å². The zero-order valence-corrected chi connectivity index (χ0v) is 27.1. The third kappa shape index (κ3) is 6.09. The Morgan fingerprint density at radius 1 is 0.708 bits per heavy atom. The molecule has 1 aromatic carbocycles. The van der Waals surface area contributed by atoms with Crippen molar-refractivity contribution in [1.29, 1.82) is 0 Å². The van der Waals surface area contributed by atoms with Gasteiger partial charge >= 0.3 is 0 Å². The number of benzene rings is 1. The number of nitrogens with one attached hydrogen (secondary N) is 2.